The third-order valence-corrected chi connectivity index (χ3v) is 2.09. The highest BCUT2D eigenvalue weighted by molar-refractivity contribution is 5.69. The van der Waals surface area contributed by atoms with Crippen molar-refractivity contribution in [2.24, 2.45) is 7.05 Å². The summed E-state index contributed by atoms with van der Waals surface area (Å²) in [6.45, 7) is 3.12. The summed E-state index contributed by atoms with van der Waals surface area (Å²) in [4.78, 5) is 34.4. The number of hydrogen-bond acceptors (Lipinski definition) is 4. The molecular formula is C10H14N2O4. The summed E-state index contributed by atoms with van der Waals surface area (Å²) in [6.07, 6.45) is 1.44. The lowest BCUT2D eigenvalue weighted by atomic mass is 10.4. The maximum atomic E-state index is 11.6. The van der Waals surface area contributed by atoms with Crippen LogP contribution in [0, 0.1) is 6.92 Å². The molecule has 0 bridgehead atoms. The molecule has 0 saturated carbocycles. The lowest BCUT2D eigenvalue weighted by Gasteiger charge is -2.07. The number of carbonyl (C=O) groups excluding carboxylic acids is 1. The molecule has 0 aromatic carbocycles. The molecule has 0 radical (unpaired) electrons. The summed E-state index contributed by atoms with van der Waals surface area (Å²) >= 11 is 0. The largest absolute Gasteiger partial charge is 0.465 e. The lowest BCUT2D eigenvalue weighted by Crippen LogP contribution is -2.41. The SMILES string of the molecule is CCOC(=O)Cn1c(=O)c(C)cn(C)c1=O. The predicted molar refractivity (Wildman–Crippen MR) is 57.3 cm³/mol. The van der Waals surface area contributed by atoms with Gasteiger partial charge in [-0.2, -0.15) is 0 Å². The van der Waals surface area contributed by atoms with E-state index in [0.717, 1.165) is 4.57 Å². The van der Waals surface area contributed by atoms with Crippen molar-refractivity contribution in [2.75, 3.05) is 6.61 Å². The van der Waals surface area contributed by atoms with Crippen LogP contribution >= 0.6 is 0 Å². The summed E-state index contributed by atoms with van der Waals surface area (Å²) in [5, 5.41) is 0. The minimum Gasteiger partial charge on any atom is -0.465 e. The van der Waals surface area contributed by atoms with Crippen LogP contribution in [0.1, 0.15) is 12.5 Å². The van der Waals surface area contributed by atoms with Gasteiger partial charge in [-0.3, -0.25) is 9.59 Å². The molecule has 0 atom stereocenters. The zero-order chi connectivity index (χ0) is 12.3. The van der Waals surface area contributed by atoms with Crippen LogP contribution in [-0.2, 0) is 23.1 Å². The van der Waals surface area contributed by atoms with Crippen molar-refractivity contribution in [1.82, 2.24) is 9.13 Å². The topological polar surface area (TPSA) is 70.3 Å². The van der Waals surface area contributed by atoms with E-state index in [1.165, 1.54) is 17.8 Å². The van der Waals surface area contributed by atoms with Gasteiger partial charge < -0.3 is 9.30 Å². The molecule has 0 aliphatic heterocycles. The Morgan fingerprint density at radius 3 is 2.62 bits per heavy atom. The molecule has 1 aromatic rings. The quantitative estimate of drug-likeness (QED) is 0.646. The molecular weight excluding hydrogens is 212 g/mol. The fourth-order valence-electron chi connectivity index (χ4n) is 1.37. The molecule has 1 heterocycles. The summed E-state index contributed by atoms with van der Waals surface area (Å²) in [5.41, 5.74) is -0.578. The van der Waals surface area contributed by atoms with Gasteiger partial charge >= 0.3 is 11.7 Å². The van der Waals surface area contributed by atoms with E-state index in [-0.39, 0.29) is 13.2 Å². The lowest BCUT2D eigenvalue weighted by molar-refractivity contribution is -0.143. The van der Waals surface area contributed by atoms with Gasteiger partial charge in [0.05, 0.1) is 6.61 Å². The highest BCUT2D eigenvalue weighted by atomic mass is 16.5. The van der Waals surface area contributed by atoms with Crippen molar-refractivity contribution in [3.63, 3.8) is 0 Å². The number of nitrogens with zero attached hydrogens (tertiary/aromatic N) is 2. The normalized spacial score (nSPS) is 10.2. The first kappa shape index (κ1) is 12.2. The predicted octanol–water partition coefficient (Wildman–Crippen LogP) is -0.581. The highest BCUT2D eigenvalue weighted by Crippen LogP contribution is 1.86. The minimum atomic E-state index is -0.590. The van der Waals surface area contributed by atoms with E-state index >= 15 is 0 Å². The molecule has 0 amide bonds. The average Bonchev–Trinajstić information content (AvgIpc) is 2.22. The van der Waals surface area contributed by atoms with Crippen molar-refractivity contribution in [2.45, 2.75) is 20.4 Å². The van der Waals surface area contributed by atoms with Crippen molar-refractivity contribution in [1.29, 1.82) is 0 Å². The van der Waals surface area contributed by atoms with Gasteiger partial charge in [0, 0.05) is 18.8 Å². The van der Waals surface area contributed by atoms with E-state index in [4.69, 9.17) is 0 Å². The zero-order valence-electron chi connectivity index (χ0n) is 9.52. The summed E-state index contributed by atoms with van der Waals surface area (Å²) in [5.74, 6) is -0.590. The number of ether oxygens (including phenoxy) is 1. The number of esters is 1. The van der Waals surface area contributed by atoms with Gasteiger partial charge in [0.15, 0.2) is 0 Å². The minimum absolute atomic E-state index is 0.222. The van der Waals surface area contributed by atoms with E-state index in [1.54, 1.807) is 13.8 Å². The average molecular weight is 226 g/mol. The second kappa shape index (κ2) is 4.78. The maximum Gasteiger partial charge on any atom is 0.331 e. The van der Waals surface area contributed by atoms with Crippen molar-refractivity contribution in [3.05, 3.63) is 32.6 Å². The van der Waals surface area contributed by atoms with Crippen LogP contribution in [0.25, 0.3) is 0 Å². The third kappa shape index (κ3) is 2.39. The first-order valence-corrected chi connectivity index (χ1v) is 4.90. The Morgan fingerprint density at radius 2 is 2.06 bits per heavy atom. The molecule has 0 unspecified atom stereocenters. The smallest absolute Gasteiger partial charge is 0.331 e. The van der Waals surface area contributed by atoms with Gasteiger partial charge in [0.1, 0.15) is 6.54 Å². The van der Waals surface area contributed by atoms with Crippen LogP contribution in [0.5, 0.6) is 0 Å². The Hall–Kier alpha value is -1.85. The van der Waals surface area contributed by atoms with E-state index in [1.807, 2.05) is 0 Å². The Morgan fingerprint density at radius 1 is 1.44 bits per heavy atom. The van der Waals surface area contributed by atoms with Gasteiger partial charge in [-0.15, -0.1) is 0 Å². The van der Waals surface area contributed by atoms with Gasteiger partial charge in [-0.25, -0.2) is 9.36 Å². The number of hydrogen-bond donors (Lipinski definition) is 0. The fraction of sp³-hybridized carbons (Fsp3) is 0.500. The van der Waals surface area contributed by atoms with Crippen molar-refractivity contribution in [3.8, 4) is 0 Å². The van der Waals surface area contributed by atoms with Gasteiger partial charge in [0.25, 0.3) is 5.56 Å². The first-order chi connectivity index (χ1) is 7.47. The van der Waals surface area contributed by atoms with E-state index < -0.39 is 17.2 Å². The molecule has 0 spiro atoms. The molecule has 1 aromatic heterocycles. The summed E-state index contributed by atoms with van der Waals surface area (Å²) < 4.78 is 6.82. The molecule has 16 heavy (non-hydrogen) atoms. The van der Waals surface area contributed by atoms with Crippen LogP contribution < -0.4 is 11.2 Å². The van der Waals surface area contributed by atoms with Crippen LogP contribution in [-0.4, -0.2) is 21.7 Å². The number of aromatic nitrogens is 2. The number of aryl methyl sites for hydroxylation is 2. The maximum absolute atomic E-state index is 11.6. The molecule has 1 rings (SSSR count). The van der Waals surface area contributed by atoms with Crippen LogP contribution in [0.3, 0.4) is 0 Å². The van der Waals surface area contributed by atoms with Gasteiger partial charge in [-0.05, 0) is 13.8 Å². The summed E-state index contributed by atoms with van der Waals surface area (Å²) in [6, 6.07) is 0. The zero-order valence-corrected chi connectivity index (χ0v) is 9.52. The Bertz CT molecular complexity index is 478. The van der Waals surface area contributed by atoms with Gasteiger partial charge in [0.2, 0.25) is 0 Å². The van der Waals surface area contributed by atoms with Crippen molar-refractivity contribution < 1.29 is 9.53 Å². The molecule has 0 aliphatic carbocycles. The van der Waals surface area contributed by atoms with Crippen LogP contribution in [0.2, 0.25) is 0 Å². The molecule has 0 fully saturated rings. The molecule has 0 N–H and O–H groups in total. The summed E-state index contributed by atoms with van der Waals surface area (Å²) in [7, 11) is 1.52. The Labute approximate surface area is 92.1 Å². The fourth-order valence-corrected chi connectivity index (χ4v) is 1.37. The Balaban J connectivity index is 3.18. The second-order valence-electron chi connectivity index (χ2n) is 3.40. The third-order valence-electron chi connectivity index (χ3n) is 2.09. The Kier molecular flexibility index (Phi) is 3.65. The number of carbonyl (C=O) groups is 1. The molecule has 0 saturated heterocycles. The molecule has 6 heteroatoms. The van der Waals surface area contributed by atoms with Crippen LogP contribution in [0.4, 0.5) is 0 Å². The van der Waals surface area contributed by atoms with E-state index in [2.05, 4.69) is 4.74 Å². The van der Waals surface area contributed by atoms with Gasteiger partial charge in [-0.1, -0.05) is 0 Å². The molecule has 88 valence electrons. The van der Waals surface area contributed by atoms with E-state index in [9.17, 15) is 14.4 Å². The number of rotatable bonds is 3. The standard InChI is InChI=1S/C10H14N2O4/c1-4-16-8(13)6-12-9(14)7(2)5-11(3)10(12)15/h5H,4,6H2,1-3H3. The van der Waals surface area contributed by atoms with Crippen molar-refractivity contribution >= 4 is 5.97 Å². The van der Waals surface area contributed by atoms with Crippen LogP contribution in [0.15, 0.2) is 15.8 Å². The van der Waals surface area contributed by atoms with E-state index in [0.29, 0.717) is 5.56 Å². The first-order valence-electron chi connectivity index (χ1n) is 4.90. The second-order valence-corrected chi connectivity index (χ2v) is 3.40. The highest BCUT2D eigenvalue weighted by Gasteiger charge is 2.11. The monoisotopic (exact) mass is 226 g/mol. The molecule has 0 aliphatic rings. The molecule has 6 nitrogen and oxygen atoms in total.